The van der Waals surface area contributed by atoms with E-state index in [-0.39, 0.29) is 17.5 Å². The predicted octanol–water partition coefficient (Wildman–Crippen LogP) is 2.56. The maximum Gasteiger partial charge on any atom is 0.292 e. The van der Waals surface area contributed by atoms with E-state index in [9.17, 15) is 9.18 Å². The van der Waals surface area contributed by atoms with Gasteiger partial charge < -0.3 is 14.5 Å². The van der Waals surface area contributed by atoms with Gasteiger partial charge in [-0.3, -0.25) is 4.79 Å². The molecule has 1 aliphatic heterocycles. The summed E-state index contributed by atoms with van der Waals surface area (Å²) in [5, 5.41) is 8.50. The minimum atomic E-state index is -0.499. The number of aromatic nitrogens is 6. The summed E-state index contributed by atoms with van der Waals surface area (Å²) >= 11 is 1.37. The summed E-state index contributed by atoms with van der Waals surface area (Å²) in [4.78, 5) is 27.1. The fourth-order valence-corrected chi connectivity index (χ4v) is 4.67. The van der Waals surface area contributed by atoms with E-state index in [1.807, 2.05) is 13.0 Å². The van der Waals surface area contributed by atoms with Crippen molar-refractivity contribution in [3.05, 3.63) is 58.9 Å². The lowest BCUT2D eigenvalue weighted by molar-refractivity contribution is 0.0672. The number of rotatable bonds is 3. The molecule has 1 amide bonds. The minimum absolute atomic E-state index is 0.238. The number of imidazole rings is 1. The first kappa shape index (κ1) is 17.0. The van der Waals surface area contributed by atoms with Crippen molar-refractivity contribution < 1.29 is 9.18 Å². The SMILES string of the molecule is CCn1cnnc1C(=O)N1CCc2[nH]cnc2[C@H]1c1nc2c(F)cccc2s1. The Bertz CT molecular complexity index is 1180. The van der Waals surface area contributed by atoms with E-state index in [1.165, 1.54) is 17.4 Å². The van der Waals surface area contributed by atoms with Crippen LogP contribution in [0, 0.1) is 5.82 Å². The third-order valence-corrected chi connectivity index (χ3v) is 6.03. The molecule has 1 N–H and O–H groups in total. The zero-order valence-electron chi connectivity index (χ0n) is 15.0. The number of amides is 1. The van der Waals surface area contributed by atoms with Crippen LogP contribution in [0.25, 0.3) is 10.2 Å². The first-order valence-electron chi connectivity index (χ1n) is 8.93. The summed E-state index contributed by atoms with van der Waals surface area (Å²) in [5.74, 6) is -0.335. The molecule has 8 nitrogen and oxygen atoms in total. The largest absolute Gasteiger partial charge is 0.348 e. The van der Waals surface area contributed by atoms with E-state index >= 15 is 0 Å². The highest BCUT2D eigenvalue weighted by Crippen LogP contribution is 2.38. The van der Waals surface area contributed by atoms with E-state index < -0.39 is 6.04 Å². The Balaban J connectivity index is 1.64. The number of aryl methyl sites for hydroxylation is 1. The number of thiazole rings is 1. The Labute approximate surface area is 163 Å². The second-order valence-corrected chi connectivity index (χ2v) is 7.56. The fourth-order valence-electron chi connectivity index (χ4n) is 3.58. The maximum absolute atomic E-state index is 14.2. The zero-order chi connectivity index (χ0) is 19.3. The smallest absolute Gasteiger partial charge is 0.292 e. The molecule has 0 fully saturated rings. The Kier molecular flexibility index (Phi) is 3.93. The molecule has 10 heteroatoms. The van der Waals surface area contributed by atoms with Gasteiger partial charge in [-0.1, -0.05) is 6.07 Å². The number of H-pyrrole nitrogens is 1. The van der Waals surface area contributed by atoms with Crippen molar-refractivity contribution in [2.75, 3.05) is 6.54 Å². The van der Waals surface area contributed by atoms with Crippen LogP contribution in [-0.4, -0.2) is 47.1 Å². The maximum atomic E-state index is 14.2. The standard InChI is InChI=1S/C18H16FN7OS/c1-2-25-9-22-24-16(25)18(27)26-7-6-11-14(21-8-20-11)15(26)17-23-13-10(19)4-3-5-12(13)28-17/h3-5,8-9,15H,2,6-7H2,1H3,(H,20,21)/t15-/m0/s1. The number of carbonyl (C=O) groups excluding carboxylic acids is 1. The average molecular weight is 397 g/mol. The van der Waals surface area contributed by atoms with Crippen molar-refractivity contribution >= 4 is 27.5 Å². The van der Waals surface area contributed by atoms with Crippen LogP contribution in [0.4, 0.5) is 4.39 Å². The van der Waals surface area contributed by atoms with E-state index in [2.05, 4.69) is 25.1 Å². The molecule has 0 unspecified atom stereocenters. The molecule has 0 spiro atoms. The van der Waals surface area contributed by atoms with Gasteiger partial charge in [0.15, 0.2) is 0 Å². The topological polar surface area (TPSA) is 92.6 Å². The number of halogens is 1. The van der Waals surface area contributed by atoms with Crippen molar-refractivity contribution in [1.29, 1.82) is 0 Å². The van der Waals surface area contributed by atoms with Crippen LogP contribution in [0.15, 0.2) is 30.9 Å². The lowest BCUT2D eigenvalue weighted by atomic mass is 10.0. The summed E-state index contributed by atoms with van der Waals surface area (Å²) < 4.78 is 16.6. The van der Waals surface area contributed by atoms with E-state index in [0.29, 0.717) is 30.0 Å². The Morgan fingerprint density at radius 1 is 1.43 bits per heavy atom. The number of hydrogen-bond donors (Lipinski definition) is 1. The molecule has 142 valence electrons. The van der Waals surface area contributed by atoms with Crippen molar-refractivity contribution in [3.63, 3.8) is 0 Å². The molecule has 0 bridgehead atoms. The molecule has 0 aliphatic carbocycles. The van der Waals surface area contributed by atoms with Crippen LogP contribution in [-0.2, 0) is 13.0 Å². The highest BCUT2D eigenvalue weighted by Gasteiger charge is 2.38. The molecule has 1 aromatic carbocycles. The van der Waals surface area contributed by atoms with Gasteiger partial charge in [-0.05, 0) is 19.1 Å². The summed E-state index contributed by atoms with van der Waals surface area (Å²) in [5.41, 5.74) is 2.02. The van der Waals surface area contributed by atoms with Crippen LogP contribution in [0.5, 0.6) is 0 Å². The van der Waals surface area contributed by atoms with Gasteiger partial charge in [-0.25, -0.2) is 14.4 Å². The van der Waals surface area contributed by atoms with Crippen LogP contribution in [0.1, 0.15) is 40.0 Å². The molecule has 5 rings (SSSR count). The van der Waals surface area contributed by atoms with Crippen molar-refractivity contribution in [1.82, 2.24) is 34.6 Å². The lowest BCUT2D eigenvalue weighted by Gasteiger charge is -2.33. The number of aromatic amines is 1. The number of fused-ring (bicyclic) bond motifs is 2. The number of nitrogens with one attached hydrogen (secondary N) is 1. The number of hydrogen-bond acceptors (Lipinski definition) is 6. The van der Waals surface area contributed by atoms with Gasteiger partial charge in [-0.2, -0.15) is 0 Å². The van der Waals surface area contributed by atoms with Crippen molar-refractivity contribution in [2.24, 2.45) is 0 Å². The Morgan fingerprint density at radius 3 is 3.14 bits per heavy atom. The lowest BCUT2D eigenvalue weighted by Crippen LogP contribution is -2.41. The van der Waals surface area contributed by atoms with Gasteiger partial charge in [0.1, 0.15) is 28.7 Å². The Morgan fingerprint density at radius 2 is 2.32 bits per heavy atom. The molecule has 0 radical (unpaired) electrons. The number of benzene rings is 1. The molecule has 0 saturated heterocycles. The predicted molar refractivity (Wildman–Crippen MR) is 100 cm³/mol. The highest BCUT2D eigenvalue weighted by atomic mass is 32.1. The molecule has 1 atom stereocenters. The third-order valence-electron chi connectivity index (χ3n) is 4.95. The minimum Gasteiger partial charge on any atom is -0.348 e. The van der Waals surface area contributed by atoms with Crippen molar-refractivity contribution in [3.8, 4) is 0 Å². The second kappa shape index (κ2) is 6.48. The highest BCUT2D eigenvalue weighted by molar-refractivity contribution is 7.18. The van der Waals surface area contributed by atoms with Crippen LogP contribution < -0.4 is 0 Å². The number of para-hydroxylation sites is 1. The molecule has 4 heterocycles. The van der Waals surface area contributed by atoms with Crippen LogP contribution in [0.3, 0.4) is 0 Å². The first-order chi connectivity index (χ1) is 13.7. The van der Waals surface area contributed by atoms with Crippen LogP contribution in [0.2, 0.25) is 0 Å². The molecule has 28 heavy (non-hydrogen) atoms. The van der Waals surface area contributed by atoms with E-state index in [0.717, 1.165) is 16.1 Å². The van der Waals surface area contributed by atoms with Gasteiger partial charge in [0.2, 0.25) is 5.82 Å². The van der Waals surface area contributed by atoms with E-state index in [1.54, 1.807) is 28.2 Å². The average Bonchev–Trinajstić information content (AvgIpc) is 3.44. The summed E-state index contributed by atoms with van der Waals surface area (Å²) in [7, 11) is 0. The fraction of sp³-hybridized carbons (Fsp3) is 0.278. The summed E-state index contributed by atoms with van der Waals surface area (Å²) in [6, 6.07) is 4.38. The van der Waals surface area contributed by atoms with Crippen LogP contribution >= 0.6 is 11.3 Å². The second-order valence-electron chi connectivity index (χ2n) is 6.50. The normalized spacial score (nSPS) is 16.5. The molecular formula is C18H16FN7OS. The summed E-state index contributed by atoms with van der Waals surface area (Å²) in [6.07, 6.45) is 3.81. The first-order valence-corrected chi connectivity index (χ1v) is 9.75. The number of nitrogens with zero attached hydrogens (tertiary/aromatic N) is 6. The van der Waals surface area contributed by atoms with Gasteiger partial charge in [0, 0.05) is 25.2 Å². The molecule has 0 saturated carbocycles. The molecular weight excluding hydrogens is 381 g/mol. The summed E-state index contributed by atoms with van der Waals surface area (Å²) in [6.45, 7) is 3.00. The van der Waals surface area contributed by atoms with Crippen molar-refractivity contribution in [2.45, 2.75) is 25.9 Å². The third kappa shape index (κ3) is 2.52. The monoisotopic (exact) mass is 397 g/mol. The van der Waals surface area contributed by atoms with E-state index in [4.69, 9.17) is 0 Å². The van der Waals surface area contributed by atoms with Gasteiger partial charge in [0.05, 0.1) is 16.7 Å². The molecule has 3 aromatic heterocycles. The quantitative estimate of drug-likeness (QED) is 0.574. The number of carbonyl (C=O) groups is 1. The molecule has 1 aliphatic rings. The van der Waals surface area contributed by atoms with Gasteiger partial charge >= 0.3 is 0 Å². The molecule has 4 aromatic rings. The zero-order valence-corrected chi connectivity index (χ0v) is 15.8. The van der Waals surface area contributed by atoms with Gasteiger partial charge in [-0.15, -0.1) is 21.5 Å². The Hall–Kier alpha value is -3.14. The van der Waals surface area contributed by atoms with Gasteiger partial charge in [0.25, 0.3) is 5.91 Å².